The molecule has 7 rings (SSSR count). The molecule has 0 bridgehead atoms. The molecule has 0 aromatic carbocycles. The zero-order valence-electron chi connectivity index (χ0n) is 44.2. The summed E-state index contributed by atoms with van der Waals surface area (Å²) in [5.41, 5.74) is 0. The summed E-state index contributed by atoms with van der Waals surface area (Å²) >= 11 is 0. The highest BCUT2D eigenvalue weighted by atomic mass is 16.8. The number of carbonyl (C=O) groups is 2. The summed E-state index contributed by atoms with van der Waals surface area (Å²) in [6.45, 7) is 1.86. The lowest BCUT2D eigenvalue weighted by Gasteiger charge is -2.53. The first-order valence-electron chi connectivity index (χ1n) is 26.2. The average molecular weight is 1190 g/mol. The van der Waals surface area contributed by atoms with E-state index in [1.807, 2.05) is 0 Å². The van der Waals surface area contributed by atoms with Crippen molar-refractivity contribution in [3.05, 3.63) is 0 Å². The molecule has 0 aliphatic carbocycles. The Morgan fingerprint density at radius 2 is 0.753 bits per heavy atom. The van der Waals surface area contributed by atoms with Crippen molar-refractivity contribution in [2.75, 3.05) is 26.4 Å². The molecule has 0 aromatic heterocycles. The van der Waals surface area contributed by atoms with E-state index in [1.54, 1.807) is 0 Å². The molecule has 20 N–H and O–H groups in total. The van der Waals surface area contributed by atoms with Crippen LogP contribution in [0, 0.1) is 0 Å². The minimum absolute atomic E-state index is 0.818. The van der Waals surface area contributed by atoms with Crippen molar-refractivity contribution in [1.29, 1.82) is 0 Å². The molecule has 81 heavy (non-hydrogen) atoms. The fraction of sp³-hybridized carbons (Fsp3) is 0.957. The van der Waals surface area contributed by atoms with Crippen LogP contribution in [0.1, 0.15) is 34.6 Å². The van der Waals surface area contributed by atoms with E-state index in [9.17, 15) is 102 Å². The summed E-state index contributed by atoms with van der Waals surface area (Å²) < 4.78 is 77.9. The van der Waals surface area contributed by atoms with Gasteiger partial charge in [-0.2, -0.15) is 0 Å². The van der Waals surface area contributed by atoms with Gasteiger partial charge in [0.15, 0.2) is 44.0 Å². The van der Waals surface area contributed by atoms with Gasteiger partial charge in [-0.05, 0) is 20.8 Å². The van der Waals surface area contributed by atoms with Crippen LogP contribution in [0.5, 0.6) is 0 Å². The number of carbonyl (C=O) groups excluding carboxylic acids is 2. The van der Waals surface area contributed by atoms with Gasteiger partial charge >= 0.3 is 0 Å². The average Bonchev–Trinajstić information content (AvgIpc) is 3.43. The zero-order valence-corrected chi connectivity index (χ0v) is 44.2. The molecule has 35 atom stereocenters. The molecule has 35 heteroatoms. The normalized spacial score (nSPS) is 51.8. The summed E-state index contributed by atoms with van der Waals surface area (Å²) in [6.07, 6.45) is -62.6. The SMILES string of the molecule is CC(=O)N[C@H]1[C@@H](O[C@H]2[C@@H](O)[C@@H](CO)O[C@@H](O[C@@H]3[C@@H](NC(C)=O)[C@H](O[C@@H]4[C@H](O)[C@@H](O)C(O)O[C@@H]4CO[C@@H]4O[C@@H](C)[C@@H](O)[C@@H](O)[C@@H]4O)O[C@H](CO)[C@H]3O[C@@H]3O[C@@H](C)[C@@H](O)[C@@H](O)[C@@H]3O)[C@@H]2O[C@@H]2O[C@@H](C)[C@@H](O)[C@@H](O)[C@@H]2O)O[C@H](CO)[C@H](O)[C@@H]1O. The number of aliphatic hydroxyl groups is 18. The van der Waals surface area contributed by atoms with Gasteiger partial charge in [-0.1, -0.05) is 0 Å². The summed E-state index contributed by atoms with van der Waals surface area (Å²) in [7, 11) is 0. The van der Waals surface area contributed by atoms with E-state index in [-0.39, 0.29) is 0 Å². The number of nitrogens with one attached hydrogen (secondary N) is 2. The lowest BCUT2D eigenvalue weighted by Crippen LogP contribution is -2.72. The van der Waals surface area contributed by atoms with E-state index in [0.717, 1.165) is 13.8 Å². The van der Waals surface area contributed by atoms with Crippen molar-refractivity contribution >= 4 is 11.8 Å². The second-order valence-corrected chi connectivity index (χ2v) is 21.0. The van der Waals surface area contributed by atoms with Crippen molar-refractivity contribution in [2.45, 2.75) is 249 Å². The van der Waals surface area contributed by atoms with E-state index < -0.39 is 253 Å². The van der Waals surface area contributed by atoms with Crippen molar-refractivity contribution in [2.24, 2.45) is 0 Å². The fourth-order valence-electron chi connectivity index (χ4n) is 10.5. The van der Waals surface area contributed by atoms with Crippen molar-refractivity contribution < 1.29 is 163 Å². The molecule has 470 valence electrons. The molecule has 0 radical (unpaired) electrons. The Kier molecular flexibility index (Phi) is 22.9. The maximum absolute atomic E-state index is 13.4. The number of hydrogen-bond acceptors (Lipinski definition) is 33. The standard InChI is InChI=1S/C46H78N2O33/c1-10-21(54)27(60)32(65)43(70-10)69-9-18-35(30(63)31(64)40(68)73-18)77-42-20(48-14(5)53)37(36(17(8-51)76-42)78-44-33(66)28(61)22(55)11(2)71-44)79-46-39(81-45-34(67)29(62)23(56)12(3)72-45)38(25(58)16(7-50)75-46)80-41-19(47-13(4)52)26(59)24(57)15(6-49)74-41/h10-12,15-46,49-51,54-68H,6-9H2,1-5H3,(H,47,52)(H,48,53)/t10-,11-,12-,15+,16+,17+,18+,19+,20+,21+,22+,23+,24-,25-,26+,27+,28+,29+,30+,31+,32-,33-,34-,35-,36+,37+,38-,39+,40?,41+,42-,43+,44-,45-,46-/m0/s1. The van der Waals surface area contributed by atoms with Gasteiger partial charge in [0.2, 0.25) is 11.8 Å². The molecule has 7 fully saturated rings. The first kappa shape index (κ1) is 66.2. The Balaban J connectivity index is 1.33. The van der Waals surface area contributed by atoms with E-state index in [0.29, 0.717) is 0 Å². The molecule has 7 heterocycles. The van der Waals surface area contributed by atoms with E-state index in [2.05, 4.69) is 10.6 Å². The molecule has 0 spiro atoms. The molecule has 7 aliphatic rings. The van der Waals surface area contributed by atoms with Gasteiger partial charge in [-0.3, -0.25) is 9.59 Å². The monoisotopic (exact) mass is 1190 g/mol. The number of ether oxygens (including phenoxy) is 13. The fourth-order valence-corrected chi connectivity index (χ4v) is 10.5. The third-order valence-corrected chi connectivity index (χ3v) is 15.2. The zero-order chi connectivity index (χ0) is 59.8. The highest BCUT2D eigenvalue weighted by molar-refractivity contribution is 5.73. The molecule has 1 unspecified atom stereocenters. The maximum atomic E-state index is 13.4. The highest BCUT2D eigenvalue weighted by Gasteiger charge is 2.60. The summed E-state index contributed by atoms with van der Waals surface area (Å²) in [5, 5.41) is 201. The van der Waals surface area contributed by atoms with Crippen LogP contribution >= 0.6 is 0 Å². The van der Waals surface area contributed by atoms with E-state index >= 15 is 0 Å². The van der Waals surface area contributed by atoms with E-state index in [4.69, 9.17) is 61.6 Å². The minimum Gasteiger partial charge on any atom is -0.394 e. The number of hydrogen-bond donors (Lipinski definition) is 20. The quantitative estimate of drug-likeness (QED) is 0.0606. The van der Waals surface area contributed by atoms with Crippen LogP contribution in [-0.2, 0) is 71.2 Å². The first-order valence-corrected chi connectivity index (χ1v) is 26.2. The molecule has 7 aliphatic heterocycles. The number of rotatable bonds is 18. The van der Waals surface area contributed by atoms with Crippen LogP contribution in [0.4, 0.5) is 0 Å². The maximum Gasteiger partial charge on any atom is 0.217 e. The molecule has 0 saturated carbocycles. The summed E-state index contributed by atoms with van der Waals surface area (Å²) in [5.74, 6) is -1.76. The van der Waals surface area contributed by atoms with Gasteiger partial charge in [-0.25, -0.2) is 0 Å². The van der Waals surface area contributed by atoms with Crippen molar-refractivity contribution in [3.63, 3.8) is 0 Å². The molecule has 2 amide bonds. The molecule has 0 aromatic rings. The van der Waals surface area contributed by atoms with Gasteiger partial charge in [0.25, 0.3) is 0 Å². The smallest absolute Gasteiger partial charge is 0.217 e. The van der Waals surface area contributed by atoms with Crippen LogP contribution in [-0.4, -0.2) is 345 Å². The van der Waals surface area contributed by atoms with Gasteiger partial charge in [0.05, 0.1) is 44.7 Å². The highest BCUT2D eigenvalue weighted by Crippen LogP contribution is 2.39. The molecular weight excluding hydrogens is 1110 g/mol. The third kappa shape index (κ3) is 14.3. The lowest BCUT2D eigenvalue weighted by atomic mass is 9.93. The first-order chi connectivity index (χ1) is 38.1. The lowest BCUT2D eigenvalue weighted by molar-refractivity contribution is -0.407. The number of amides is 2. The van der Waals surface area contributed by atoms with E-state index in [1.165, 1.54) is 20.8 Å². The van der Waals surface area contributed by atoms with Crippen LogP contribution in [0.3, 0.4) is 0 Å². The van der Waals surface area contributed by atoms with Gasteiger partial charge < -0.3 is 164 Å². The van der Waals surface area contributed by atoms with Crippen LogP contribution < -0.4 is 10.6 Å². The predicted octanol–water partition coefficient (Wildman–Crippen LogP) is -12.9. The second-order valence-electron chi connectivity index (χ2n) is 21.0. The Hall–Kier alpha value is -2.30. The van der Waals surface area contributed by atoms with Gasteiger partial charge in [0.1, 0.15) is 152 Å². The second kappa shape index (κ2) is 28.0. The largest absolute Gasteiger partial charge is 0.394 e. The number of aliphatic hydroxyl groups excluding tert-OH is 18. The van der Waals surface area contributed by atoms with Gasteiger partial charge in [-0.15, -0.1) is 0 Å². The topological polar surface area (TPSA) is 542 Å². The Morgan fingerprint density at radius 1 is 0.346 bits per heavy atom. The van der Waals surface area contributed by atoms with Crippen LogP contribution in [0.15, 0.2) is 0 Å². The summed E-state index contributed by atoms with van der Waals surface area (Å²) in [4.78, 5) is 25.9. The predicted molar refractivity (Wildman–Crippen MR) is 251 cm³/mol. The Bertz CT molecular complexity index is 2010. The minimum atomic E-state index is -2.27. The van der Waals surface area contributed by atoms with Crippen molar-refractivity contribution in [1.82, 2.24) is 10.6 Å². The molecule has 7 saturated heterocycles. The molecular formula is C46H78N2O33. The Morgan fingerprint density at radius 3 is 1.27 bits per heavy atom. The third-order valence-electron chi connectivity index (χ3n) is 15.2. The Labute approximate surface area is 460 Å². The van der Waals surface area contributed by atoms with Crippen LogP contribution in [0.25, 0.3) is 0 Å². The van der Waals surface area contributed by atoms with Crippen molar-refractivity contribution in [3.8, 4) is 0 Å². The van der Waals surface area contributed by atoms with Gasteiger partial charge in [0, 0.05) is 13.8 Å². The summed E-state index contributed by atoms with van der Waals surface area (Å²) in [6, 6.07) is -3.68. The van der Waals surface area contributed by atoms with Crippen LogP contribution in [0.2, 0.25) is 0 Å². The molecule has 35 nitrogen and oxygen atoms in total.